The molecule has 0 atom stereocenters. The van der Waals surface area contributed by atoms with E-state index in [2.05, 4.69) is 11.1 Å². The van der Waals surface area contributed by atoms with Crippen molar-refractivity contribution in [1.29, 1.82) is 0 Å². The molecule has 0 N–H and O–H groups in total. The second kappa shape index (κ2) is 5.47. The summed E-state index contributed by atoms with van der Waals surface area (Å²) in [4.78, 5) is 4.24. The molecule has 1 saturated heterocycles. The van der Waals surface area contributed by atoms with Gasteiger partial charge in [-0.15, -0.1) is 0 Å². The van der Waals surface area contributed by atoms with Crippen LogP contribution in [0.15, 0.2) is 47.1 Å². The largest absolute Gasteiger partial charge is 0.495 e. The number of aromatic nitrogens is 1. The molecule has 2 aromatic carbocycles. The minimum atomic E-state index is -0.512. The van der Waals surface area contributed by atoms with Crippen LogP contribution in [0.4, 0.5) is 0 Å². The summed E-state index contributed by atoms with van der Waals surface area (Å²) in [5, 5.41) is 4.71. The fraction of sp³-hybridized carbons (Fsp3) is 0.286. The van der Waals surface area contributed by atoms with E-state index < -0.39 is 18.3 Å². The maximum Gasteiger partial charge on any atom is 0.495 e. The standard InChI is InChI=1S/C21H19BClNO3/c1-20(2)21(3,4)27-22(26-20)16-9-14(23)10-18-19(16)15-7-13-11-24-6-5-12(13)8-17(15)25-18/h5-11H,1-4H3. The van der Waals surface area contributed by atoms with Crippen molar-refractivity contribution in [3.05, 3.63) is 47.7 Å². The van der Waals surface area contributed by atoms with E-state index >= 15 is 0 Å². The Morgan fingerprint density at radius 2 is 1.67 bits per heavy atom. The smallest absolute Gasteiger partial charge is 0.456 e. The number of furan rings is 1. The van der Waals surface area contributed by atoms with Crippen LogP contribution in [0.3, 0.4) is 0 Å². The van der Waals surface area contributed by atoms with E-state index in [4.69, 9.17) is 25.3 Å². The van der Waals surface area contributed by atoms with Gasteiger partial charge in [0.1, 0.15) is 11.2 Å². The highest BCUT2D eigenvalue weighted by Gasteiger charge is 2.52. The Kier molecular flexibility index (Phi) is 3.46. The molecule has 3 heterocycles. The molecule has 5 rings (SSSR count). The molecule has 0 radical (unpaired) electrons. The molecular weight excluding hydrogens is 361 g/mol. The Labute approximate surface area is 162 Å². The summed E-state index contributed by atoms with van der Waals surface area (Å²) in [7, 11) is -0.512. The molecule has 1 aliphatic heterocycles. The average molecular weight is 380 g/mol. The van der Waals surface area contributed by atoms with Crippen LogP contribution in [-0.2, 0) is 9.31 Å². The van der Waals surface area contributed by atoms with Crippen LogP contribution < -0.4 is 5.46 Å². The highest BCUT2D eigenvalue weighted by Crippen LogP contribution is 2.39. The van der Waals surface area contributed by atoms with Crippen molar-refractivity contribution in [2.75, 3.05) is 0 Å². The lowest BCUT2D eigenvalue weighted by molar-refractivity contribution is 0.00578. The molecule has 2 aromatic heterocycles. The molecule has 4 aromatic rings. The maximum atomic E-state index is 6.40. The SMILES string of the molecule is CC1(C)OB(c2cc(Cl)cc3oc4cc5ccncc5cc4c23)OC1(C)C. The molecule has 0 aliphatic carbocycles. The van der Waals surface area contributed by atoms with E-state index in [1.165, 1.54) is 0 Å². The van der Waals surface area contributed by atoms with Gasteiger partial charge in [0, 0.05) is 39.6 Å². The molecule has 0 amide bonds. The Bertz CT molecular complexity index is 1200. The van der Waals surface area contributed by atoms with E-state index in [-0.39, 0.29) is 0 Å². The van der Waals surface area contributed by atoms with Gasteiger partial charge in [0.2, 0.25) is 0 Å². The highest BCUT2D eigenvalue weighted by molar-refractivity contribution is 6.66. The molecule has 0 unspecified atom stereocenters. The molecule has 1 aliphatic rings. The number of rotatable bonds is 1. The predicted octanol–water partition coefficient (Wildman–Crippen LogP) is 5.09. The van der Waals surface area contributed by atoms with E-state index in [9.17, 15) is 0 Å². The monoisotopic (exact) mass is 379 g/mol. The molecule has 136 valence electrons. The van der Waals surface area contributed by atoms with Gasteiger partial charge in [-0.3, -0.25) is 4.98 Å². The zero-order valence-electron chi connectivity index (χ0n) is 15.7. The summed E-state index contributed by atoms with van der Waals surface area (Å²) in [6, 6.07) is 9.87. The molecular formula is C21H19BClNO3. The number of hydrogen-bond acceptors (Lipinski definition) is 4. The van der Waals surface area contributed by atoms with E-state index in [1.807, 2.05) is 58.2 Å². The molecule has 0 bridgehead atoms. The third-order valence-electron chi connectivity index (χ3n) is 5.83. The van der Waals surface area contributed by atoms with Crippen molar-refractivity contribution >= 4 is 56.9 Å². The Hall–Kier alpha value is -2.08. The van der Waals surface area contributed by atoms with Crippen molar-refractivity contribution < 1.29 is 13.7 Å². The van der Waals surface area contributed by atoms with Crippen molar-refractivity contribution in [1.82, 2.24) is 4.98 Å². The minimum absolute atomic E-state index is 0.428. The molecule has 27 heavy (non-hydrogen) atoms. The number of pyridine rings is 1. The highest BCUT2D eigenvalue weighted by atomic mass is 35.5. The quantitative estimate of drug-likeness (QED) is 0.432. The Morgan fingerprint density at radius 1 is 0.926 bits per heavy atom. The first kappa shape index (κ1) is 17.1. The second-order valence-electron chi connectivity index (χ2n) is 8.13. The third kappa shape index (κ3) is 2.49. The van der Waals surface area contributed by atoms with Gasteiger partial charge in [0.05, 0.1) is 11.2 Å². The number of benzene rings is 2. The number of fused-ring (bicyclic) bond motifs is 4. The van der Waals surface area contributed by atoms with Gasteiger partial charge in [-0.1, -0.05) is 11.6 Å². The van der Waals surface area contributed by atoms with Crippen LogP contribution in [0.2, 0.25) is 5.02 Å². The van der Waals surface area contributed by atoms with Crippen LogP contribution in [0.25, 0.3) is 32.7 Å². The lowest BCUT2D eigenvalue weighted by atomic mass is 9.76. The fourth-order valence-corrected chi connectivity index (χ4v) is 3.86. The summed E-state index contributed by atoms with van der Waals surface area (Å²) in [5.41, 5.74) is 1.57. The molecule has 0 saturated carbocycles. The first-order chi connectivity index (χ1) is 12.7. The van der Waals surface area contributed by atoms with E-state index in [0.717, 1.165) is 38.2 Å². The van der Waals surface area contributed by atoms with Crippen LogP contribution in [0.1, 0.15) is 27.7 Å². The van der Waals surface area contributed by atoms with Crippen molar-refractivity contribution in [2.45, 2.75) is 38.9 Å². The van der Waals surface area contributed by atoms with Crippen LogP contribution in [-0.4, -0.2) is 23.3 Å². The third-order valence-corrected chi connectivity index (χ3v) is 6.05. The average Bonchev–Trinajstić information content (AvgIpc) is 3.04. The van der Waals surface area contributed by atoms with Crippen LogP contribution >= 0.6 is 11.6 Å². The zero-order valence-corrected chi connectivity index (χ0v) is 16.4. The first-order valence-electron chi connectivity index (χ1n) is 9.00. The molecule has 4 nitrogen and oxygen atoms in total. The lowest BCUT2D eigenvalue weighted by Gasteiger charge is -2.32. The van der Waals surface area contributed by atoms with Gasteiger partial charge in [-0.05, 0) is 62.8 Å². The molecule has 1 fully saturated rings. The number of halogens is 1. The van der Waals surface area contributed by atoms with Gasteiger partial charge >= 0.3 is 7.12 Å². The van der Waals surface area contributed by atoms with Gasteiger partial charge in [-0.25, -0.2) is 0 Å². The fourth-order valence-electron chi connectivity index (χ4n) is 3.64. The summed E-state index contributed by atoms with van der Waals surface area (Å²) in [6.45, 7) is 8.17. The summed E-state index contributed by atoms with van der Waals surface area (Å²) < 4.78 is 18.7. The van der Waals surface area contributed by atoms with E-state index in [1.54, 1.807) is 6.20 Å². The van der Waals surface area contributed by atoms with E-state index in [0.29, 0.717) is 5.02 Å². The normalized spacial score (nSPS) is 18.8. The topological polar surface area (TPSA) is 44.5 Å². The van der Waals surface area contributed by atoms with Gasteiger partial charge in [-0.2, -0.15) is 0 Å². The zero-order chi connectivity index (χ0) is 19.0. The van der Waals surface area contributed by atoms with Gasteiger partial charge < -0.3 is 13.7 Å². The van der Waals surface area contributed by atoms with Gasteiger partial charge in [0.25, 0.3) is 0 Å². The summed E-state index contributed by atoms with van der Waals surface area (Å²) >= 11 is 6.40. The number of hydrogen-bond donors (Lipinski definition) is 0. The lowest BCUT2D eigenvalue weighted by Crippen LogP contribution is -2.41. The van der Waals surface area contributed by atoms with Crippen molar-refractivity contribution in [3.63, 3.8) is 0 Å². The predicted molar refractivity (Wildman–Crippen MR) is 110 cm³/mol. The first-order valence-corrected chi connectivity index (χ1v) is 9.38. The van der Waals surface area contributed by atoms with Crippen molar-refractivity contribution in [2.24, 2.45) is 0 Å². The number of nitrogens with zero attached hydrogens (tertiary/aromatic N) is 1. The minimum Gasteiger partial charge on any atom is -0.456 e. The second-order valence-corrected chi connectivity index (χ2v) is 8.57. The maximum absolute atomic E-state index is 6.40. The summed E-state index contributed by atoms with van der Waals surface area (Å²) in [5.74, 6) is 0. The van der Waals surface area contributed by atoms with Crippen LogP contribution in [0.5, 0.6) is 0 Å². The Balaban J connectivity index is 1.80. The van der Waals surface area contributed by atoms with Gasteiger partial charge in [0.15, 0.2) is 0 Å². The summed E-state index contributed by atoms with van der Waals surface area (Å²) in [6.07, 6.45) is 3.64. The molecule has 0 spiro atoms. The van der Waals surface area contributed by atoms with Crippen LogP contribution in [0, 0.1) is 0 Å². The molecule has 6 heteroatoms. The Morgan fingerprint density at radius 3 is 2.41 bits per heavy atom. The van der Waals surface area contributed by atoms with Crippen molar-refractivity contribution in [3.8, 4) is 0 Å².